The largest absolute Gasteiger partial charge is 0.486 e. The Balaban J connectivity index is 1.67. The minimum absolute atomic E-state index is 0.00312. The van der Waals surface area contributed by atoms with Crippen molar-refractivity contribution >= 4 is 39.9 Å². The third kappa shape index (κ3) is 3.91. The fourth-order valence-corrected chi connectivity index (χ4v) is 3.61. The molecule has 1 aromatic heterocycles. The number of ether oxygens (including phenoxy) is 3. The van der Waals surface area contributed by atoms with Crippen molar-refractivity contribution < 1.29 is 23.8 Å². The molecular weight excluding hydrogens is 380 g/mol. The third-order valence-corrected chi connectivity index (χ3v) is 4.84. The second-order valence-electron chi connectivity index (χ2n) is 5.44. The fourth-order valence-electron chi connectivity index (χ4n) is 2.43. The maximum Gasteiger partial charge on any atom is 0.338 e. The topological polar surface area (TPSA) is 78.0 Å². The van der Waals surface area contributed by atoms with E-state index in [2.05, 4.69) is 4.98 Å². The number of anilines is 1. The minimum Gasteiger partial charge on any atom is -0.486 e. The molecule has 0 radical (unpaired) electrons. The lowest BCUT2D eigenvalue weighted by Gasteiger charge is -2.19. The SMILES string of the molecule is CCN(C(C)=O)c1nc(COC(=O)c2cc(Cl)c3c(c2)OCCO3)cs1. The van der Waals surface area contributed by atoms with E-state index in [1.165, 1.54) is 24.3 Å². The summed E-state index contributed by atoms with van der Waals surface area (Å²) in [6.45, 7) is 4.68. The zero-order valence-corrected chi connectivity index (χ0v) is 15.9. The van der Waals surface area contributed by atoms with Gasteiger partial charge in [0.25, 0.3) is 0 Å². The number of esters is 1. The molecule has 0 spiro atoms. The van der Waals surface area contributed by atoms with Crippen LogP contribution in [0.2, 0.25) is 5.02 Å². The Morgan fingerprint density at radius 2 is 2.12 bits per heavy atom. The van der Waals surface area contributed by atoms with Crippen LogP contribution >= 0.6 is 22.9 Å². The van der Waals surface area contributed by atoms with Gasteiger partial charge >= 0.3 is 5.97 Å². The number of aromatic nitrogens is 1. The monoisotopic (exact) mass is 396 g/mol. The zero-order chi connectivity index (χ0) is 18.7. The molecule has 0 saturated heterocycles. The summed E-state index contributed by atoms with van der Waals surface area (Å²) in [6.07, 6.45) is 0. The van der Waals surface area contributed by atoms with Crippen LogP contribution < -0.4 is 14.4 Å². The summed E-state index contributed by atoms with van der Waals surface area (Å²) < 4.78 is 16.2. The van der Waals surface area contributed by atoms with Crippen LogP contribution in [0.25, 0.3) is 0 Å². The summed E-state index contributed by atoms with van der Waals surface area (Å²) in [5.74, 6) is 0.225. The van der Waals surface area contributed by atoms with E-state index in [1.807, 2.05) is 6.92 Å². The Kier molecular flexibility index (Phi) is 5.63. The highest BCUT2D eigenvalue weighted by Crippen LogP contribution is 2.38. The van der Waals surface area contributed by atoms with Gasteiger partial charge in [-0.2, -0.15) is 0 Å². The van der Waals surface area contributed by atoms with Crippen LogP contribution in [0.1, 0.15) is 29.9 Å². The second-order valence-corrected chi connectivity index (χ2v) is 6.69. The standard InChI is InChI=1S/C17H17ClN2O5S/c1-3-20(10(2)21)17-19-12(9-26-17)8-25-16(22)11-6-13(18)15-14(7-11)23-4-5-24-15/h6-7,9H,3-5,8H2,1-2H3. The van der Waals surface area contributed by atoms with E-state index >= 15 is 0 Å². The van der Waals surface area contributed by atoms with Crippen LogP contribution in [-0.4, -0.2) is 36.6 Å². The van der Waals surface area contributed by atoms with Crippen molar-refractivity contribution in [3.05, 3.63) is 33.8 Å². The van der Waals surface area contributed by atoms with Gasteiger partial charge in [0.05, 0.1) is 16.3 Å². The second kappa shape index (κ2) is 7.92. The van der Waals surface area contributed by atoms with Crippen molar-refractivity contribution in [3.8, 4) is 11.5 Å². The van der Waals surface area contributed by atoms with Gasteiger partial charge in [0.2, 0.25) is 5.91 Å². The molecule has 2 aromatic rings. The highest BCUT2D eigenvalue weighted by atomic mass is 35.5. The molecule has 0 saturated carbocycles. The van der Waals surface area contributed by atoms with E-state index < -0.39 is 5.97 Å². The molecule has 0 bridgehead atoms. The Labute approximate surface area is 159 Å². The Morgan fingerprint density at radius 1 is 1.35 bits per heavy atom. The predicted octanol–water partition coefficient (Wildman–Crippen LogP) is 3.30. The van der Waals surface area contributed by atoms with E-state index in [9.17, 15) is 9.59 Å². The van der Waals surface area contributed by atoms with Gasteiger partial charge in [-0.1, -0.05) is 11.6 Å². The third-order valence-electron chi connectivity index (χ3n) is 3.65. The Bertz CT molecular complexity index is 839. The molecule has 1 amide bonds. The van der Waals surface area contributed by atoms with Crippen molar-refractivity contribution in [1.82, 2.24) is 4.98 Å². The van der Waals surface area contributed by atoms with Gasteiger partial charge in [0.1, 0.15) is 19.8 Å². The number of hydrogen-bond acceptors (Lipinski definition) is 7. The number of rotatable bonds is 5. The van der Waals surface area contributed by atoms with Crippen molar-refractivity contribution in [2.24, 2.45) is 0 Å². The number of amides is 1. The fraction of sp³-hybridized carbons (Fsp3) is 0.353. The number of carbonyl (C=O) groups is 2. The average Bonchev–Trinajstić information content (AvgIpc) is 3.08. The van der Waals surface area contributed by atoms with Crippen LogP contribution in [0.5, 0.6) is 11.5 Å². The van der Waals surface area contributed by atoms with Crippen LogP contribution in [0.15, 0.2) is 17.5 Å². The Morgan fingerprint density at radius 3 is 2.85 bits per heavy atom. The van der Waals surface area contributed by atoms with Crippen molar-refractivity contribution in [2.75, 3.05) is 24.7 Å². The smallest absolute Gasteiger partial charge is 0.338 e. The highest BCUT2D eigenvalue weighted by Gasteiger charge is 2.20. The van der Waals surface area contributed by atoms with E-state index in [0.29, 0.717) is 47.1 Å². The minimum atomic E-state index is -0.544. The molecule has 26 heavy (non-hydrogen) atoms. The lowest BCUT2D eigenvalue weighted by atomic mass is 10.2. The van der Waals surface area contributed by atoms with Crippen LogP contribution in [0.3, 0.4) is 0 Å². The molecule has 138 valence electrons. The summed E-state index contributed by atoms with van der Waals surface area (Å²) >= 11 is 7.46. The molecule has 3 rings (SSSR count). The molecule has 2 heterocycles. The van der Waals surface area contributed by atoms with Crippen LogP contribution in [-0.2, 0) is 16.1 Å². The van der Waals surface area contributed by atoms with E-state index in [1.54, 1.807) is 16.3 Å². The first-order chi connectivity index (χ1) is 12.5. The molecule has 1 aliphatic heterocycles. The summed E-state index contributed by atoms with van der Waals surface area (Å²) in [4.78, 5) is 29.7. The van der Waals surface area contributed by atoms with Gasteiger partial charge in [0, 0.05) is 18.8 Å². The number of fused-ring (bicyclic) bond motifs is 1. The van der Waals surface area contributed by atoms with Gasteiger partial charge < -0.3 is 14.2 Å². The zero-order valence-electron chi connectivity index (χ0n) is 14.3. The Hall–Kier alpha value is -2.32. The van der Waals surface area contributed by atoms with E-state index in [0.717, 1.165) is 0 Å². The molecule has 1 aromatic carbocycles. The summed E-state index contributed by atoms with van der Waals surface area (Å²) in [7, 11) is 0. The summed E-state index contributed by atoms with van der Waals surface area (Å²) in [5.41, 5.74) is 0.843. The van der Waals surface area contributed by atoms with Gasteiger partial charge in [-0.15, -0.1) is 11.3 Å². The molecule has 0 atom stereocenters. The number of nitrogens with zero attached hydrogens (tertiary/aromatic N) is 2. The number of carbonyl (C=O) groups excluding carboxylic acids is 2. The number of halogens is 1. The van der Waals surface area contributed by atoms with Crippen molar-refractivity contribution in [3.63, 3.8) is 0 Å². The molecule has 9 heteroatoms. The first kappa shape index (κ1) is 18.5. The maximum absolute atomic E-state index is 12.3. The van der Waals surface area contributed by atoms with E-state index in [4.69, 9.17) is 25.8 Å². The average molecular weight is 397 g/mol. The normalized spacial score (nSPS) is 12.6. The first-order valence-corrected chi connectivity index (χ1v) is 9.24. The number of benzene rings is 1. The molecule has 0 N–H and O–H groups in total. The maximum atomic E-state index is 12.3. The lowest BCUT2D eigenvalue weighted by molar-refractivity contribution is -0.116. The molecule has 0 fully saturated rings. The highest BCUT2D eigenvalue weighted by molar-refractivity contribution is 7.14. The number of thiazole rings is 1. The predicted molar refractivity (Wildman–Crippen MR) is 97.4 cm³/mol. The molecular formula is C17H17ClN2O5S. The summed E-state index contributed by atoms with van der Waals surface area (Å²) in [6, 6.07) is 3.03. The van der Waals surface area contributed by atoms with Crippen molar-refractivity contribution in [1.29, 1.82) is 0 Å². The molecule has 1 aliphatic rings. The van der Waals surface area contributed by atoms with Gasteiger partial charge in [0.15, 0.2) is 16.6 Å². The van der Waals surface area contributed by atoms with Crippen molar-refractivity contribution in [2.45, 2.75) is 20.5 Å². The van der Waals surface area contributed by atoms with Gasteiger partial charge in [-0.05, 0) is 19.1 Å². The summed E-state index contributed by atoms with van der Waals surface area (Å²) in [5, 5.41) is 2.63. The first-order valence-electron chi connectivity index (χ1n) is 7.98. The van der Waals surface area contributed by atoms with Crippen LogP contribution in [0, 0.1) is 0 Å². The van der Waals surface area contributed by atoms with Gasteiger partial charge in [-0.3, -0.25) is 9.69 Å². The van der Waals surface area contributed by atoms with E-state index in [-0.39, 0.29) is 18.1 Å². The van der Waals surface area contributed by atoms with Gasteiger partial charge in [-0.25, -0.2) is 9.78 Å². The van der Waals surface area contributed by atoms with Crippen LogP contribution in [0.4, 0.5) is 5.13 Å². The molecule has 0 aliphatic carbocycles. The molecule has 7 nitrogen and oxygen atoms in total. The molecule has 0 unspecified atom stereocenters. The number of hydrogen-bond donors (Lipinski definition) is 0. The quantitative estimate of drug-likeness (QED) is 0.721. The lowest BCUT2D eigenvalue weighted by Crippen LogP contribution is -2.27.